The number of aliphatic hydroxyl groups excluding tert-OH is 1. The van der Waals surface area contributed by atoms with Crippen LogP contribution in [0.25, 0.3) is 0 Å². The van der Waals surface area contributed by atoms with E-state index in [9.17, 15) is 15.0 Å². The van der Waals surface area contributed by atoms with Gasteiger partial charge in [-0.3, -0.25) is 0 Å². The highest BCUT2D eigenvalue weighted by Gasteiger charge is 2.43. The second-order valence-corrected chi connectivity index (χ2v) is 4.65. The number of hydrogen-bond acceptors (Lipinski definition) is 5. The number of halogens is 1. The van der Waals surface area contributed by atoms with Crippen LogP contribution in [0, 0.1) is 0 Å². The molecule has 1 aromatic heterocycles. The Morgan fingerprint density at radius 1 is 1.80 bits per heavy atom. The van der Waals surface area contributed by atoms with Crippen LogP contribution in [0.5, 0.6) is 0 Å². The number of hydrogen-bond donors (Lipinski definition) is 3. The quantitative estimate of drug-likeness (QED) is 0.744. The molecule has 0 saturated carbocycles. The minimum absolute atomic E-state index is 0.112. The molecule has 7 heteroatoms. The van der Waals surface area contributed by atoms with Gasteiger partial charge in [-0.1, -0.05) is 18.5 Å². The zero-order valence-corrected chi connectivity index (χ0v) is 9.42. The van der Waals surface area contributed by atoms with Gasteiger partial charge < -0.3 is 15.3 Å². The highest BCUT2D eigenvalue weighted by molar-refractivity contribution is 7.15. The summed E-state index contributed by atoms with van der Waals surface area (Å²) in [5.74, 6) is -1.47. The van der Waals surface area contributed by atoms with Crippen LogP contribution in [0.3, 0.4) is 0 Å². The molecule has 0 spiro atoms. The Bertz CT molecular complexity index is 369. The smallest absolute Gasteiger partial charge is 0.338 e. The number of carboxylic acid groups (broad SMARTS) is 1. The second-order valence-electron chi connectivity index (χ2n) is 3.00. The standard InChI is InChI=1S/C8H10ClNO4S/c1-2-8(14,6(12)13)5(11)4-3-10-7(9)15-4/h3,5,11,14H,2H2,1H3,(H,12,13)/t5-,8?/m0/s1. The van der Waals surface area contributed by atoms with Crippen LogP contribution >= 0.6 is 22.9 Å². The Morgan fingerprint density at radius 2 is 2.40 bits per heavy atom. The van der Waals surface area contributed by atoms with Crippen molar-refractivity contribution in [2.75, 3.05) is 0 Å². The molecule has 0 aliphatic carbocycles. The highest BCUT2D eigenvalue weighted by Crippen LogP contribution is 2.33. The minimum atomic E-state index is -2.20. The molecule has 5 nitrogen and oxygen atoms in total. The first-order chi connectivity index (χ1) is 6.91. The molecule has 0 aliphatic heterocycles. The Kier molecular flexibility index (Phi) is 3.67. The normalized spacial score (nSPS) is 17.1. The van der Waals surface area contributed by atoms with E-state index in [4.69, 9.17) is 16.7 Å². The van der Waals surface area contributed by atoms with E-state index in [0.717, 1.165) is 11.3 Å². The molecule has 0 fully saturated rings. The Morgan fingerprint density at radius 3 is 2.73 bits per heavy atom. The van der Waals surface area contributed by atoms with Crippen molar-refractivity contribution in [2.24, 2.45) is 0 Å². The summed E-state index contributed by atoms with van der Waals surface area (Å²) in [7, 11) is 0. The third-order valence-electron chi connectivity index (χ3n) is 2.13. The summed E-state index contributed by atoms with van der Waals surface area (Å²) in [6.45, 7) is 1.47. The summed E-state index contributed by atoms with van der Waals surface area (Å²) in [5.41, 5.74) is -2.20. The molecule has 1 heterocycles. The van der Waals surface area contributed by atoms with E-state index in [1.54, 1.807) is 0 Å². The molecular formula is C8H10ClNO4S. The maximum atomic E-state index is 10.8. The van der Waals surface area contributed by atoms with Crippen molar-refractivity contribution in [2.45, 2.75) is 25.0 Å². The van der Waals surface area contributed by atoms with Gasteiger partial charge in [0.05, 0.1) is 4.88 Å². The lowest BCUT2D eigenvalue weighted by atomic mass is 9.93. The van der Waals surface area contributed by atoms with Crippen molar-refractivity contribution in [1.29, 1.82) is 0 Å². The van der Waals surface area contributed by atoms with E-state index in [0.29, 0.717) is 0 Å². The van der Waals surface area contributed by atoms with Gasteiger partial charge in [-0.05, 0) is 6.42 Å². The van der Waals surface area contributed by atoms with Crippen molar-refractivity contribution < 1.29 is 20.1 Å². The average Bonchev–Trinajstić information content (AvgIpc) is 2.62. The summed E-state index contributed by atoms with van der Waals surface area (Å²) in [4.78, 5) is 14.7. The number of thiazole rings is 1. The zero-order chi connectivity index (χ0) is 11.6. The summed E-state index contributed by atoms with van der Waals surface area (Å²) in [6.07, 6.45) is -0.384. The average molecular weight is 252 g/mol. The van der Waals surface area contributed by atoms with Gasteiger partial charge in [-0.15, -0.1) is 11.3 Å². The van der Waals surface area contributed by atoms with Crippen molar-refractivity contribution in [3.8, 4) is 0 Å². The summed E-state index contributed by atoms with van der Waals surface area (Å²) < 4.78 is 0.188. The van der Waals surface area contributed by atoms with Crippen LogP contribution in [0.2, 0.25) is 4.47 Å². The van der Waals surface area contributed by atoms with Gasteiger partial charge in [0.1, 0.15) is 6.10 Å². The summed E-state index contributed by atoms with van der Waals surface area (Å²) >= 11 is 6.48. The topological polar surface area (TPSA) is 90.7 Å². The van der Waals surface area contributed by atoms with Crippen molar-refractivity contribution in [3.05, 3.63) is 15.5 Å². The molecule has 0 aliphatic rings. The van der Waals surface area contributed by atoms with E-state index in [1.165, 1.54) is 13.1 Å². The fourth-order valence-electron chi connectivity index (χ4n) is 1.09. The molecule has 1 rings (SSSR count). The van der Waals surface area contributed by atoms with E-state index in [1.807, 2.05) is 0 Å². The SMILES string of the molecule is CCC(O)(C(=O)O)[C@@H](O)c1cnc(Cl)s1. The molecule has 0 radical (unpaired) electrons. The Labute approximate surface area is 95.0 Å². The second kappa shape index (κ2) is 4.44. The van der Waals surface area contributed by atoms with Crippen LogP contribution in [-0.2, 0) is 4.79 Å². The highest BCUT2D eigenvalue weighted by atomic mass is 35.5. The third-order valence-corrected chi connectivity index (χ3v) is 3.29. The number of carbonyl (C=O) groups is 1. The van der Waals surface area contributed by atoms with Gasteiger partial charge in [-0.2, -0.15) is 0 Å². The lowest BCUT2D eigenvalue weighted by molar-refractivity contribution is -0.172. The molecule has 0 amide bonds. The first-order valence-electron chi connectivity index (χ1n) is 4.17. The van der Waals surface area contributed by atoms with Gasteiger partial charge in [-0.25, -0.2) is 9.78 Å². The lowest BCUT2D eigenvalue weighted by Gasteiger charge is -2.26. The van der Waals surface area contributed by atoms with E-state index in [2.05, 4.69) is 4.98 Å². The maximum Gasteiger partial charge on any atom is 0.338 e. The first kappa shape index (κ1) is 12.4. The van der Waals surface area contributed by atoms with E-state index in [-0.39, 0.29) is 15.8 Å². The van der Waals surface area contributed by atoms with Gasteiger partial charge in [0.2, 0.25) is 0 Å². The molecule has 2 atom stereocenters. The molecular weight excluding hydrogens is 242 g/mol. The molecule has 84 valence electrons. The number of aromatic nitrogens is 1. The first-order valence-corrected chi connectivity index (χ1v) is 5.36. The molecule has 0 bridgehead atoms. The van der Waals surface area contributed by atoms with Crippen LogP contribution < -0.4 is 0 Å². The van der Waals surface area contributed by atoms with Crippen LogP contribution in [0.15, 0.2) is 6.20 Å². The zero-order valence-electron chi connectivity index (χ0n) is 7.85. The van der Waals surface area contributed by atoms with Crippen LogP contribution in [0.4, 0.5) is 0 Å². The molecule has 0 saturated heterocycles. The minimum Gasteiger partial charge on any atom is -0.479 e. The Hall–Kier alpha value is -0.690. The van der Waals surface area contributed by atoms with Crippen molar-refractivity contribution >= 4 is 28.9 Å². The van der Waals surface area contributed by atoms with Crippen LogP contribution in [-0.4, -0.2) is 31.9 Å². The van der Waals surface area contributed by atoms with Crippen molar-refractivity contribution in [3.63, 3.8) is 0 Å². The number of nitrogens with zero attached hydrogens (tertiary/aromatic N) is 1. The monoisotopic (exact) mass is 251 g/mol. The summed E-state index contributed by atoms with van der Waals surface area (Å²) in [5, 5.41) is 28.2. The molecule has 0 aromatic carbocycles. The number of aliphatic hydroxyl groups is 2. The van der Waals surface area contributed by atoms with Gasteiger partial charge in [0.15, 0.2) is 10.1 Å². The third kappa shape index (κ3) is 2.28. The molecule has 15 heavy (non-hydrogen) atoms. The molecule has 1 aromatic rings. The predicted molar refractivity (Wildman–Crippen MR) is 55.0 cm³/mol. The van der Waals surface area contributed by atoms with Gasteiger partial charge >= 0.3 is 5.97 Å². The van der Waals surface area contributed by atoms with E-state index < -0.39 is 17.7 Å². The fourth-order valence-corrected chi connectivity index (χ4v) is 2.12. The number of aliphatic carboxylic acids is 1. The number of carboxylic acids is 1. The van der Waals surface area contributed by atoms with Crippen molar-refractivity contribution in [1.82, 2.24) is 4.98 Å². The number of rotatable bonds is 4. The summed E-state index contributed by atoms with van der Waals surface area (Å²) in [6, 6.07) is 0. The van der Waals surface area contributed by atoms with Crippen LogP contribution in [0.1, 0.15) is 24.3 Å². The van der Waals surface area contributed by atoms with E-state index >= 15 is 0 Å². The predicted octanol–water partition coefficient (Wildman–Crippen LogP) is 1.06. The molecule has 3 N–H and O–H groups in total. The van der Waals surface area contributed by atoms with Gasteiger partial charge in [0.25, 0.3) is 0 Å². The lowest BCUT2D eigenvalue weighted by Crippen LogP contribution is -2.43. The fraction of sp³-hybridized carbons (Fsp3) is 0.500. The maximum absolute atomic E-state index is 10.8. The Balaban J connectivity index is 3.01. The van der Waals surface area contributed by atoms with Gasteiger partial charge in [0, 0.05) is 6.20 Å². The molecule has 1 unspecified atom stereocenters. The largest absolute Gasteiger partial charge is 0.479 e.